The maximum absolute atomic E-state index is 5.73. The van der Waals surface area contributed by atoms with Gasteiger partial charge in [-0.1, -0.05) is 91.0 Å². The minimum Gasteiger partial charge on any atom is -0.469 e. The van der Waals surface area contributed by atoms with E-state index >= 15 is 0 Å². The maximum Gasteiger partial charge on any atom is 0.111 e. The Hall–Kier alpha value is -3.39. The lowest BCUT2D eigenvalue weighted by Crippen LogP contribution is -2.07. The van der Waals surface area contributed by atoms with E-state index in [0.29, 0.717) is 0 Å². The van der Waals surface area contributed by atoms with Gasteiger partial charge in [0.15, 0.2) is 0 Å². The number of furan rings is 1. The molecule has 28 heavy (non-hydrogen) atoms. The van der Waals surface area contributed by atoms with Gasteiger partial charge in [0, 0.05) is 23.6 Å². The van der Waals surface area contributed by atoms with Gasteiger partial charge in [-0.15, -0.1) is 0 Å². The number of rotatable bonds is 7. The van der Waals surface area contributed by atoms with Crippen LogP contribution in [0.1, 0.15) is 34.8 Å². The molecule has 0 saturated carbocycles. The van der Waals surface area contributed by atoms with E-state index in [1.54, 1.807) is 6.26 Å². The Bertz CT molecular complexity index is 949. The summed E-state index contributed by atoms with van der Waals surface area (Å²) in [6, 6.07) is 35.3. The maximum atomic E-state index is 5.73. The predicted molar refractivity (Wildman–Crippen MR) is 115 cm³/mol. The predicted octanol–water partition coefficient (Wildman–Crippen LogP) is 6.34. The molecular formula is C26H23NO. The highest BCUT2D eigenvalue weighted by Crippen LogP contribution is 2.28. The first-order valence-corrected chi connectivity index (χ1v) is 9.65. The molecule has 0 aliphatic carbocycles. The third-order valence-corrected chi connectivity index (χ3v) is 4.87. The van der Waals surface area contributed by atoms with Crippen molar-refractivity contribution in [2.24, 2.45) is 4.99 Å². The number of benzene rings is 3. The zero-order valence-electron chi connectivity index (χ0n) is 15.7. The Kier molecular flexibility index (Phi) is 5.79. The summed E-state index contributed by atoms with van der Waals surface area (Å²) in [7, 11) is 0. The van der Waals surface area contributed by atoms with Crippen LogP contribution in [0, 0.1) is 0 Å². The molecule has 2 heteroatoms. The summed E-state index contributed by atoms with van der Waals surface area (Å²) in [5.74, 6) is 1.19. The summed E-state index contributed by atoms with van der Waals surface area (Å²) in [6.07, 6.45) is 2.63. The van der Waals surface area contributed by atoms with Crippen LogP contribution in [0.15, 0.2) is 119 Å². The number of hydrogen-bond donors (Lipinski definition) is 0. The molecule has 0 amide bonds. The Balaban J connectivity index is 1.61. The zero-order chi connectivity index (χ0) is 19.0. The first kappa shape index (κ1) is 18.0. The molecule has 1 heterocycles. The van der Waals surface area contributed by atoms with Crippen LogP contribution in [0.25, 0.3) is 0 Å². The Morgan fingerprint density at radius 2 is 1.25 bits per heavy atom. The molecule has 1 aromatic heterocycles. The van der Waals surface area contributed by atoms with E-state index in [4.69, 9.17) is 9.41 Å². The standard InChI is InChI=1S/C26H23NO/c1-4-11-21(12-5-1)24(25-17-10-20-28-25)18-19-27-26(22-13-6-2-7-14-22)23-15-8-3-9-16-23/h1-17,20,24H,18-19H2/i27+1. The molecule has 0 fully saturated rings. The summed E-state index contributed by atoms with van der Waals surface area (Å²) in [5, 5.41) is 0. The van der Waals surface area contributed by atoms with Crippen molar-refractivity contribution in [3.05, 3.63) is 132 Å². The summed E-state index contributed by atoms with van der Waals surface area (Å²) in [6.45, 7) is 0.722. The smallest absolute Gasteiger partial charge is 0.111 e. The first-order chi connectivity index (χ1) is 13.9. The van der Waals surface area contributed by atoms with E-state index in [-0.39, 0.29) is 5.92 Å². The topological polar surface area (TPSA) is 25.5 Å². The summed E-state index contributed by atoms with van der Waals surface area (Å²) in [4.78, 5) is 5.01. The van der Waals surface area contributed by atoms with Gasteiger partial charge in [0.05, 0.1) is 12.0 Å². The van der Waals surface area contributed by atoms with E-state index < -0.39 is 0 Å². The van der Waals surface area contributed by atoms with Gasteiger partial charge in [-0.05, 0) is 24.1 Å². The van der Waals surface area contributed by atoms with Crippen molar-refractivity contribution in [1.82, 2.24) is 0 Å². The van der Waals surface area contributed by atoms with Crippen molar-refractivity contribution in [1.29, 1.82) is 0 Å². The van der Waals surface area contributed by atoms with Crippen molar-refractivity contribution in [3.8, 4) is 0 Å². The van der Waals surface area contributed by atoms with Crippen LogP contribution >= 0.6 is 0 Å². The van der Waals surface area contributed by atoms with Crippen LogP contribution in [0.2, 0.25) is 0 Å². The molecule has 0 aliphatic heterocycles. The SMILES string of the molecule is c1ccc(C(=[15N]CCC(c2ccccc2)c2ccco2)c2ccccc2)cc1. The van der Waals surface area contributed by atoms with Crippen LogP contribution < -0.4 is 0 Å². The van der Waals surface area contributed by atoms with Crippen LogP contribution in [-0.2, 0) is 0 Å². The molecule has 1 atom stereocenters. The lowest BCUT2D eigenvalue weighted by Gasteiger charge is -2.15. The lowest BCUT2D eigenvalue weighted by molar-refractivity contribution is 0.476. The third kappa shape index (κ3) is 4.29. The Morgan fingerprint density at radius 1 is 0.679 bits per heavy atom. The van der Waals surface area contributed by atoms with Crippen LogP contribution in [-0.4, -0.2) is 12.3 Å². The number of aliphatic imine (C=N–C) groups is 1. The van der Waals surface area contributed by atoms with E-state index in [2.05, 4.69) is 78.9 Å². The highest BCUT2D eigenvalue weighted by atomic mass is 16.3. The van der Waals surface area contributed by atoms with Gasteiger partial charge < -0.3 is 4.42 Å². The van der Waals surface area contributed by atoms with Gasteiger partial charge in [-0.25, -0.2) is 0 Å². The first-order valence-electron chi connectivity index (χ1n) is 9.65. The van der Waals surface area contributed by atoms with Crippen LogP contribution in [0.5, 0.6) is 0 Å². The number of nitrogens with zero attached hydrogens (tertiary/aromatic N) is 1. The zero-order valence-corrected chi connectivity index (χ0v) is 15.7. The fraction of sp³-hybridized carbons (Fsp3) is 0.115. The molecule has 4 aromatic rings. The molecule has 0 radical (unpaired) electrons. The molecule has 0 N–H and O–H groups in total. The normalized spacial score (nSPS) is 11.7. The molecule has 0 saturated heterocycles. The largest absolute Gasteiger partial charge is 0.469 e. The van der Waals surface area contributed by atoms with E-state index in [0.717, 1.165) is 35.6 Å². The minimum absolute atomic E-state index is 0.202. The molecule has 4 rings (SSSR count). The fourth-order valence-electron chi connectivity index (χ4n) is 3.49. The van der Waals surface area contributed by atoms with Crippen molar-refractivity contribution in [2.45, 2.75) is 12.3 Å². The van der Waals surface area contributed by atoms with Crippen molar-refractivity contribution < 1.29 is 4.42 Å². The summed E-state index contributed by atoms with van der Waals surface area (Å²) >= 11 is 0. The lowest BCUT2D eigenvalue weighted by atomic mass is 9.93. The van der Waals surface area contributed by atoms with Gasteiger partial charge in [0.1, 0.15) is 5.76 Å². The Morgan fingerprint density at radius 3 is 1.79 bits per heavy atom. The quantitative estimate of drug-likeness (QED) is 0.277. The molecule has 0 bridgehead atoms. The number of hydrogen-bond acceptors (Lipinski definition) is 2. The van der Waals surface area contributed by atoms with Crippen molar-refractivity contribution in [3.63, 3.8) is 0 Å². The van der Waals surface area contributed by atoms with Gasteiger partial charge in [0.25, 0.3) is 0 Å². The second kappa shape index (κ2) is 9.01. The van der Waals surface area contributed by atoms with Gasteiger partial charge in [-0.3, -0.25) is 4.99 Å². The van der Waals surface area contributed by atoms with Crippen LogP contribution in [0.4, 0.5) is 0 Å². The average molecular weight is 366 g/mol. The second-order valence-corrected chi connectivity index (χ2v) is 6.73. The second-order valence-electron chi connectivity index (χ2n) is 6.73. The van der Waals surface area contributed by atoms with Crippen LogP contribution in [0.3, 0.4) is 0 Å². The molecule has 138 valence electrons. The van der Waals surface area contributed by atoms with E-state index in [1.807, 2.05) is 24.3 Å². The fourth-order valence-corrected chi connectivity index (χ4v) is 3.49. The third-order valence-electron chi connectivity index (χ3n) is 4.87. The molecule has 3 aromatic carbocycles. The van der Waals surface area contributed by atoms with Crippen molar-refractivity contribution in [2.75, 3.05) is 6.54 Å². The molecule has 0 spiro atoms. The summed E-state index contributed by atoms with van der Waals surface area (Å²) in [5.41, 5.74) is 4.58. The van der Waals surface area contributed by atoms with Gasteiger partial charge in [0.2, 0.25) is 0 Å². The molecule has 2 nitrogen and oxygen atoms in total. The molecule has 1 unspecified atom stereocenters. The van der Waals surface area contributed by atoms with E-state index in [9.17, 15) is 0 Å². The highest BCUT2D eigenvalue weighted by molar-refractivity contribution is 6.12. The average Bonchev–Trinajstić information content (AvgIpc) is 3.30. The summed E-state index contributed by atoms with van der Waals surface area (Å²) < 4.78 is 5.73. The van der Waals surface area contributed by atoms with Gasteiger partial charge >= 0.3 is 0 Å². The molecular weight excluding hydrogens is 343 g/mol. The minimum atomic E-state index is 0.202. The van der Waals surface area contributed by atoms with Crippen molar-refractivity contribution >= 4 is 5.71 Å². The Labute approximate surface area is 166 Å². The van der Waals surface area contributed by atoms with E-state index in [1.165, 1.54) is 5.56 Å². The molecule has 0 aliphatic rings. The van der Waals surface area contributed by atoms with Gasteiger partial charge in [-0.2, -0.15) is 0 Å². The monoisotopic (exact) mass is 366 g/mol. The highest BCUT2D eigenvalue weighted by Gasteiger charge is 2.16.